The van der Waals surface area contributed by atoms with E-state index in [1.807, 2.05) is 11.8 Å². The zero-order valence-electron chi connectivity index (χ0n) is 11.7. The van der Waals surface area contributed by atoms with Crippen LogP contribution in [-0.4, -0.2) is 34.7 Å². The lowest BCUT2D eigenvalue weighted by Crippen LogP contribution is -2.53. The smallest absolute Gasteiger partial charge is 0.263 e. The molecular formula is C15H15ClFNO2S2. The van der Waals surface area contributed by atoms with Crippen LogP contribution in [0, 0.1) is 5.82 Å². The van der Waals surface area contributed by atoms with E-state index in [4.69, 9.17) is 11.6 Å². The molecule has 3 rings (SSSR count). The van der Waals surface area contributed by atoms with Crippen molar-refractivity contribution < 1.29 is 14.3 Å². The van der Waals surface area contributed by atoms with Crippen molar-refractivity contribution in [3.8, 4) is 0 Å². The summed E-state index contributed by atoms with van der Waals surface area (Å²) in [4.78, 5) is 12.9. The van der Waals surface area contributed by atoms with E-state index in [1.165, 1.54) is 17.4 Å². The van der Waals surface area contributed by atoms with Crippen LogP contribution in [-0.2, 0) is 0 Å². The van der Waals surface area contributed by atoms with Gasteiger partial charge in [-0.15, -0.1) is 11.3 Å². The van der Waals surface area contributed by atoms with Crippen molar-refractivity contribution in [2.75, 3.05) is 18.1 Å². The van der Waals surface area contributed by atoms with Gasteiger partial charge in [-0.3, -0.25) is 4.79 Å². The van der Waals surface area contributed by atoms with Crippen LogP contribution in [0.25, 0.3) is 10.1 Å². The number of nitrogens with one attached hydrogen (secondary N) is 1. The summed E-state index contributed by atoms with van der Waals surface area (Å²) < 4.78 is 14.5. The SMILES string of the molecule is O=C(NC1(CO)CCSCC1)c1sc2cccc(F)c2c1Cl. The maximum absolute atomic E-state index is 13.9. The second-order valence-electron chi connectivity index (χ2n) is 5.36. The molecule has 0 saturated carbocycles. The largest absolute Gasteiger partial charge is 0.394 e. The molecule has 3 nitrogen and oxygen atoms in total. The average molecular weight is 360 g/mol. The van der Waals surface area contributed by atoms with Crippen LogP contribution in [0.2, 0.25) is 5.02 Å². The molecule has 1 aromatic heterocycles. The lowest BCUT2D eigenvalue weighted by atomic mass is 9.93. The summed E-state index contributed by atoms with van der Waals surface area (Å²) in [6.45, 7) is -0.101. The minimum Gasteiger partial charge on any atom is -0.394 e. The van der Waals surface area contributed by atoms with Gasteiger partial charge in [0, 0.05) is 10.1 Å². The van der Waals surface area contributed by atoms with Crippen LogP contribution in [0.3, 0.4) is 0 Å². The highest BCUT2D eigenvalue weighted by Gasteiger charge is 2.34. The van der Waals surface area contributed by atoms with E-state index in [2.05, 4.69) is 5.32 Å². The van der Waals surface area contributed by atoms with Crippen LogP contribution >= 0.6 is 34.7 Å². The fourth-order valence-corrected chi connectivity index (χ4v) is 5.33. The van der Waals surface area contributed by atoms with Gasteiger partial charge in [-0.25, -0.2) is 4.39 Å². The lowest BCUT2D eigenvalue weighted by molar-refractivity contribution is 0.0822. The Labute approximate surface area is 140 Å². The van der Waals surface area contributed by atoms with E-state index in [1.54, 1.807) is 12.1 Å². The highest BCUT2D eigenvalue weighted by atomic mass is 35.5. The van der Waals surface area contributed by atoms with Crippen LogP contribution in [0.1, 0.15) is 22.5 Å². The third-order valence-corrected chi connectivity index (χ3v) is 6.57. The molecular weight excluding hydrogens is 345 g/mol. The van der Waals surface area contributed by atoms with Gasteiger partial charge in [0.2, 0.25) is 0 Å². The Morgan fingerprint density at radius 1 is 1.41 bits per heavy atom. The number of hydrogen-bond acceptors (Lipinski definition) is 4. The quantitative estimate of drug-likeness (QED) is 0.878. The number of aliphatic hydroxyl groups excluding tert-OH is 1. The average Bonchev–Trinajstić information content (AvgIpc) is 2.87. The summed E-state index contributed by atoms with van der Waals surface area (Å²) in [5, 5.41) is 13.0. The number of hydrogen-bond donors (Lipinski definition) is 2. The third-order valence-electron chi connectivity index (χ3n) is 3.94. The molecule has 1 aliphatic heterocycles. The molecule has 1 fully saturated rings. The van der Waals surface area contributed by atoms with Gasteiger partial charge < -0.3 is 10.4 Å². The Kier molecular flexibility index (Phi) is 4.64. The van der Waals surface area contributed by atoms with E-state index in [0.29, 0.717) is 9.58 Å². The van der Waals surface area contributed by atoms with E-state index in [0.717, 1.165) is 24.3 Å². The molecule has 22 heavy (non-hydrogen) atoms. The number of thiophene rings is 1. The van der Waals surface area contributed by atoms with E-state index in [-0.39, 0.29) is 22.9 Å². The first kappa shape index (κ1) is 16.1. The zero-order valence-corrected chi connectivity index (χ0v) is 14.1. The Balaban J connectivity index is 1.92. The summed E-state index contributed by atoms with van der Waals surface area (Å²) in [5.74, 6) is 1.03. The molecule has 0 aliphatic carbocycles. The molecule has 7 heteroatoms. The molecule has 2 aromatic rings. The van der Waals surface area contributed by atoms with Crippen LogP contribution in [0.5, 0.6) is 0 Å². The van der Waals surface area contributed by atoms with Gasteiger partial charge in [-0.1, -0.05) is 17.7 Å². The Bertz CT molecular complexity index is 713. The second kappa shape index (κ2) is 6.35. The summed E-state index contributed by atoms with van der Waals surface area (Å²) in [6.07, 6.45) is 1.44. The number of aliphatic hydroxyl groups is 1. The molecule has 1 aromatic carbocycles. The van der Waals surface area contributed by atoms with Crippen molar-refractivity contribution in [2.24, 2.45) is 0 Å². The van der Waals surface area contributed by atoms with Gasteiger partial charge in [0.25, 0.3) is 5.91 Å². The summed E-state index contributed by atoms with van der Waals surface area (Å²) in [6, 6.07) is 4.67. The van der Waals surface area contributed by atoms with Crippen LogP contribution < -0.4 is 5.32 Å². The monoisotopic (exact) mass is 359 g/mol. The van der Waals surface area contributed by atoms with Crippen molar-refractivity contribution in [3.05, 3.63) is 33.9 Å². The summed E-state index contributed by atoms with van der Waals surface area (Å²) >= 11 is 9.19. The number of fused-ring (bicyclic) bond motifs is 1. The maximum atomic E-state index is 13.9. The van der Waals surface area contributed by atoms with Crippen LogP contribution in [0.15, 0.2) is 18.2 Å². The molecule has 118 valence electrons. The molecule has 2 heterocycles. The lowest BCUT2D eigenvalue weighted by Gasteiger charge is -2.36. The number of halogens is 2. The first-order valence-electron chi connectivity index (χ1n) is 6.94. The minimum atomic E-state index is -0.597. The van der Waals surface area contributed by atoms with Crippen molar-refractivity contribution in [3.63, 3.8) is 0 Å². The Morgan fingerprint density at radius 2 is 2.14 bits per heavy atom. The predicted molar refractivity (Wildman–Crippen MR) is 90.6 cm³/mol. The van der Waals surface area contributed by atoms with Crippen molar-refractivity contribution >= 4 is 50.7 Å². The second-order valence-corrected chi connectivity index (χ2v) is 8.02. The molecule has 0 atom stereocenters. The number of benzene rings is 1. The fraction of sp³-hybridized carbons (Fsp3) is 0.400. The third kappa shape index (κ3) is 2.85. The van der Waals surface area contributed by atoms with Gasteiger partial charge in [0.05, 0.1) is 17.2 Å². The molecule has 1 aliphatic rings. The highest BCUT2D eigenvalue weighted by Crippen LogP contribution is 2.37. The van der Waals surface area contributed by atoms with Gasteiger partial charge in [0.15, 0.2) is 0 Å². The number of rotatable bonds is 3. The van der Waals surface area contributed by atoms with E-state index in [9.17, 15) is 14.3 Å². The van der Waals surface area contributed by atoms with E-state index >= 15 is 0 Å². The normalized spacial score (nSPS) is 17.6. The Hall–Kier alpha value is -0.820. The minimum absolute atomic E-state index is 0.101. The summed E-state index contributed by atoms with van der Waals surface area (Å²) in [5.41, 5.74) is -0.597. The molecule has 2 N–H and O–H groups in total. The zero-order chi connectivity index (χ0) is 15.7. The van der Waals surface area contributed by atoms with Gasteiger partial charge in [-0.05, 0) is 36.5 Å². The number of carbonyl (C=O) groups is 1. The molecule has 0 spiro atoms. The first-order chi connectivity index (χ1) is 10.6. The molecule has 1 saturated heterocycles. The standard InChI is InChI=1S/C15H15ClFNO2S2/c16-12-11-9(17)2-1-3-10(11)22-13(12)14(20)18-15(8-19)4-6-21-7-5-15/h1-3,19H,4-8H2,(H,18,20). The first-order valence-corrected chi connectivity index (χ1v) is 9.29. The number of thioether (sulfide) groups is 1. The van der Waals surface area contributed by atoms with Gasteiger partial charge in [0.1, 0.15) is 10.7 Å². The van der Waals surface area contributed by atoms with E-state index < -0.39 is 11.4 Å². The topological polar surface area (TPSA) is 49.3 Å². The fourth-order valence-electron chi connectivity index (χ4n) is 2.60. The van der Waals surface area contributed by atoms with Gasteiger partial charge in [-0.2, -0.15) is 11.8 Å². The Morgan fingerprint density at radius 3 is 2.77 bits per heavy atom. The summed E-state index contributed by atoms with van der Waals surface area (Å²) in [7, 11) is 0. The van der Waals surface area contributed by atoms with Crippen molar-refractivity contribution in [1.82, 2.24) is 5.32 Å². The molecule has 0 unspecified atom stereocenters. The van der Waals surface area contributed by atoms with Crippen LogP contribution in [0.4, 0.5) is 4.39 Å². The van der Waals surface area contributed by atoms with Gasteiger partial charge >= 0.3 is 0 Å². The molecule has 0 radical (unpaired) electrons. The number of amides is 1. The molecule has 1 amide bonds. The van der Waals surface area contributed by atoms with Crippen molar-refractivity contribution in [2.45, 2.75) is 18.4 Å². The highest BCUT2D eigenvalue weighted by molar-refractivity contribution is 7.99. The predicted octanol–water partition coefficient (Wildman–Crippen LogP) is 3.68. The maximum Gasteiger partial charge on any atom is 0.263 e. The molecule has 0 bridgehead atoms. The van der Waals surface area contributed by atoms with Crippen molar-refractivity contribution in [1.29, 1.82) is 0 Å². The number of carbonyl (C=O) groups excluding carboxylic acids is 1.